The number of carbonyl (C=O) groups is 1. The van der Waals surface area contributed by atoms with Crippen LogP contribution in [0, 0.1) is 0 Å². The molecule has 2 N–H and O–H groups in total. The Hall–Kier alpha value is -2.17. The van der Waals surface area contributed by atoms with Crippen LogP contribution in [0.25, 0.3) is 0 Å². The summed E-state index contributed by atoms with van der Waals surface area (Å²) in [6, 6.07) is 17.4. The first-order valence-corrected chi connectivity index (χ1v) is 7.89. The summed E-state index contributed by atoms with van der Waals surface area (Å²) >= 11 is 0. The molecule has 0 aromatic heterocycles. The minimum Gasteiger partial charge on any atom is -0.392 e. The topological polar surface area (TPSA) is 58.6 Å². The molecule has 0 aliphatic rings. The zero-order valence-corrected chi connectivity index (χ0v) is 13.2. The van der Waals surface area contributed by atoms with Crippen molar-refractivity contribution in [1.82, 2.24) is 0 Å². The zero-order chi connectivity index (χ0) is 16.3. The maximum Gasteiger partial charge on any atom is 0.224 e. The van der Waals surface area contributed by atoms with Gasteiger partial charge in [-0.15, -0.1) is 0 Å². The van der Waals surface area contributed by atoms with Gasteiger partial charge in [-0.2, -0.15) is 0 Å². The van der Waals surface area contributed by atoms with E-state index in [-0.39, 0.29) is 12.5 Å². The first-order chi connectivity index (χ1) is 11.3. The quantitative estimate of drug-likeness (QED) is 0.699. The van der Waals surface area contributed by atoms with Crippen molar-refractivity contribution >= 4 is 11.6 Å². The van der Waals surface area contributed by atoms with Crippen molar-refractivity contribution in [2.45, 2.75) is 25.9 Å². The van der Waals surface area contributed by atoms with Gasteiger partial charge in [0.2, 0.25) is 5.91 Å². The second-order valence-electron chi connectivity index (χ2n) is 5.36. The van der Waals surface area contributed by atoms with E-state index in [1.54, 1.807) is 6.07 Å². The number of anilines is 1. The van der Waals surface area contributed by atoms with Crippen molar-refractivity contribution < 1.29 is 14.6 Å². The largest absolute Gasteiger partial charge is 0.392 e. The van der Waals surface area contributed by atoms with Gasteiger partial charge >= 0.3 is 0 Å². The highest BCUT2D eigenvalue weighted by atomic mass is 16.5. The fourth-order valence-electron chi connectivity index (χ4n) is 2.24. The number of carbonyl (C=O) groups excluding carboxylic acids is 1. The summed E-state index contributed by atoms with van der Waals surface area (Å²) in [5.41, 5.74) is 2.76. The molecule has 4 heteroatoms. The Labute approximate surface area is 137 Å². The van der Waals surface area contributed by atoms with E-state index >= 15 is 0 Å². The molecule has 0 heterocycles. The first-order valence-electron chi connectivity index (χ1n) is 7.89. The van der Waals surface area contributed by atoms with E-state index in [1.165, 1.54) is 5.56 Å². The number of rotatable bonds is 9. The lowest BCUT2D eigenvalue weighted by molar-refractivity contribution is -0.116. The van der Waals surface area contributed by atoms with Gasteiger partial charge in [0.05, 0.1) is 13.2 Å². The van der Waals surface area contributed by atoms with Crippen LogP contribution in [0.1, 0.15) is 24.0 Å². The summed E-state index contributed by atoms with van der Waals surface area (Å²) in [6.45, 7) is 1.22. The predicted octanol–water partition coefficient (Wildman–Crippen LogP) is 3.16. The number of hydrogen-bond donors (Lipinski definition) is 2. The molecule has 0 bridgehead atoms. The maximum absolute atomic E-state index is 11.8. The molecule has 4 nitrogen and oxygen atoms in total. The van der Waals surface area contributed by atoms with Gasteiger partial charge in [-0.25, -0.2) is 0 Å². The molecule has 122 valence electrons. The smallest absolute Gasteiger partial charge is 0.224 e. The normalized spacial score (nSPS) is 10.5. The highest BCUT2D eigenvalue weighted by molar-refractivity contribution is 5.90. The van der Waals surface area contributed by atoms with E-state index in [2.05, 4.69) is 17.4 Å². The lowest BCUT2D eigenvalue weighted by Crippen LogP contribution is -2.12. The van der Waals surface area contributed by atoms with E-state index in [4.69, 9.17) is 9.84 Å². The van der Waals surface area contributed by atoms with Gasteiger partial charge in [0.1, 0.15) is 0 Å². The van der Waals surface area contributed by atoms with Gasteiger partial charge in [0.15, 0.2) is 0 Å². The van der Waals surface area contributed by atoms with Crippen molar-refractivity contribution in [3.63, 3.8) is 0 Å². The van der Waals surface area contributed by atoms with Gasteiger partial charge in [-0.1, -0.05) is 42.5 Å². The van der Waals surface area contributed by atoms with Crippen LogP contribution in [0.2, 0.25) is 0 Å². The lowest BCUT2D eigenvalue weighted by Gasteiger charge is -2.07. The van der Waals surface area contributed by atoms with Gasteiger partial charge in [0, 0.05) is 18.7 Å². The van der Waals surface area contributed by atoms with E-state index in [9.17, 15) is 4.79 Å². The van der Waals surface area contributed by atoms with Crippen molar-refractivity contribution in [1.29, 1.82) is 0 Å². The molecule has 2 aromatic rings. The zero-order valence-electron chi connectivity index (χ0n) is 13.2. The number of amides is 1. The molecule has 2 aromatic carbocycles. The standard InChI is InChI=1S/C19H23NO3/c21-15-17-8-4-9-18(14-17)20-19(22)10-5-12-23-13-11-16-6-2-1-3-7-16/h1-4,6-9,14,21H,5,10-13,15H2,(H,20,22). The van der Waals surface area contributed by atoms with Crippen LogP contribution >= 0.6 is 0 Å². The minimum atomic E-state index is -0.0354. The fourth-order valence-corrected chi connectivity index (χ4v) is 2.24. The molecule has 0 spiro atoms. The predicted molar refractivity (Wildman–Crippen MR) is 91.2 cm³/mol. The van der Waals surface area contributed by atoms with E-state index in [0.29, 0.717) is 31.7 Å². The maximum atomic E-state index is 11.8. The van der Waals surface area contributed by atoms with E-state index in [0.717, 1.165) is 12.0 Å². The second kappa shape index (κ2) is 9.77. The highest BCUT2D eigenvalue weighted by Gasteiger charge is 2.03. The molecular formula is C19H23NO3. The Morgan fingerprint density at radius 2 is 1.78 bits per heavy atom. The molecule has 0 fully saturated rings. The summed E-state index contributed by atoms with van der Waals surface area (Å²) in [5, 5.41) is 11.9. The van der Waals surface area contributed by atoms with Crippen molar-refractivity contribution in [3.8, 4) is 0 Å². The SMILES string of the molecule is O=C(CCCOCCc1ccccc1)Nc1cccc(CO)c1. The summed E-state index contributed by atoms with van der Waals surface area (Å²) < 4.78 is 5.56. The van der Waals surface area contributed by atoms with Crippen LogP contribution in [0.15, 0.2) is 54.6 Å². The molecule has 0 saturated heterocycles. The van der Waals surface area contributed by atoms with Crippen LogP contribution < -0.4 is 5.32 Å². The molecule has 0 aliphatic carbocycles. The Morgan fingerprint density at radius 1 is 1.00 bits per heavy atom. The summed E-state index contributed by atoms with van der Waals surface area (Å²) in [7, 11) is 0. The molecular weight excluding hydrogens is 290 g/mol. The molecule has 0 radical (unpaired) electrons. The molecule has 0 saturated carbocycles. The average molecular weight is 313 g/mol. The lowest BCUT2D eigenvalue weighted by atomic mass is 10.2. The third-order valence-electron chi connectivity index (χ3n) is 3.46. The van der Waals surface area contributed by atoms with Crippen LogP contribution in [-0.4, -0.2) is 24.2 Å². The van der Waals surface area contributed by atoms with Crippen molar-refractivity contribution in [2.75, 3.05) is 18.5 Å². The van der Waals surface area contributed by atoms with Gasteiger partial charge in [0.25, 0.3) is 0 Å². The minimum absolute atomic E-state index is 0.0288. The van der Waals surface area contributed by atoms with Crippen LogP contribution in [0.5, 0.6) is 0 Å². The molecule has 0 aliphatic heterocycles. The monoisotopic (exact) mass is 313 g/mol. The van der Waals surface area contributed by atoms with E-state index in [1.807, 2.05) is 36.4 Å². The first kappa shape index (κ1) is 17.2. The van der Waals surface area contributed by atoms with Crippen LogP contribution in [0.4, 0.5) is 5.69 Å². The van der Waals surface area contributed by atoms with Crippen LogP contribution in [-0.2, 0) is 22.6 Å². The van der Waals surface area contributed by atoms with Crippen molar-refractivity contribution in [3.05, 3.63) is 65.7 Å². The molecule has 0 unspecified atom stereocenters. The Kier molecular flexibility index (Phi) is 7.30. The second-order valence-corrected chi connectivity index (χ2v) is 5.36. The van der Waals surface area contributed by atoms with Gasteiger partial charge in [-0.3, -0.25) is 4.79 Å². The third kappa shape index (κ3) is 6.63. The Bertz CT molecular complexity index is 599. The fraction of sp³-hybridized carbons (Fsp3) is 0.316. The van der Waals surface area contributed by atoms with Gasteiger partial charge < -0.3 is 15.2 Å². The molecule has 23 heavy (non-hydrogen) atoms. The Balaban J connectivity index is 1.58. The molecule has 1 amide bonds. The number of benzene rings is 2. The Morgan fingerprint density at radius 3 is 2.57 bits per heavy atom. The molecule has 0 atom stereocenters. The van der Waals surface area contributed by atoms with Crippen LogP contribution in [0.3, 0.4) is 0 Å². The summed E-state index contributed by atoms with van der Waals surface area (Å²) in [4.78, 5) is 11.8. The van der Waals surface area contributed by atoms with Gasteiger partial charge in [-0.05, 0) is 36.1 Å². The summed E-state index contributed by atoms with van der Waals surface area (Å²) in [5.74, 6) is -0.0354. The van der Waals surface area contributed by atoms with E-state index < -0.39 is 0 Å². The molecule has 2 rings (SSSR count). The third-order valence-corrected chi connectivity index (χ3v) is 3.46. The van der Waals surface area contributed by atoms with Crippen molar-refractivity contribution in [2.24, 2.45) is 0 Å². The number of ether oxygens (including phenoxy) is 1. The number of hydrogen-bond acceptors (Lipinski definition) is 3. The number of aliphatic hydroxyl groups is 1. The number of nitrogens with one attached hydrogen (secondary N) is 1. The summed E-state index contributed by atoms with van der Waals surface area (Å²) in [6.07, 6.45) is 2.01. The highest BCUT2D eigenvalue weighted by Crippen LogP contribution is 2.11. The average Bonchev–Trinajstić information content (AvgIpc) is 2.59. The number of aliphatic hydroxyl groups excluding tert-OH is 1.